The largest absolute Gasteiger partial charge is 0.473 e. The minimum Gasteiger partial charge on any atom is -0.473 e. The lowest BCUT2D eigenvalue weighted by Crippen LogP contribution is -2.09. The Morgan fingerprint density at radius 2 is 1.75 bits per heavy atom. The first-order valence-electron chi connectivity index (χ1n) is 5.36. The highest BCUT2D eigenvalue weighted by molar-refractivity contribution is 6.30. The van der Waals surface area contributed by atoms with E-state index >= 15 is 0 Å². The van der Waals surface area contributed by atoms with Gasteiger partial charge in [-0.25, -0.2) is 9.97 Å². The van der Waals surface area contributed by atoms with Gasteiger partial charge in [-0.05, 0) is 20.3 Å². The molecule has 16 heavy (non-hydrogen) atoms. The van der Waals surface area contributed by atoms with Crippen LogP contribution >= 0.6 is 11.6 Å². The standard InChI is InChI=1S/C11H17ClN2O2/c1-4-5-15-6-7-16-11-10(12)13-8(2)9(3)14-11/h4-7H2,1-3H3. The van der Waals surface area contributed by atoms with E-state index in [2.05, 4.69) is 16.9 Å². The van der Waals surface area contributed by atoms with Crippen LogP contribution in [0.5, 0.6) is 5.88 Å². The van der Waals surface area contributed by atoms with Gasteiger partial charge in [-0.2, -0.15) is 0 Å². The van der Waals surface area contributed by atoms with Crippen molar-refractivity contribution >= 4 is 11.6 Å². The second kappa shape index (κ2) is 6.66. The molecule has 0 aliphatic carbocycles. The third-order valence-electron chi connectivity index (χ3n) is 2.05. The highest BCUT2D eigenvalue weighted by Crippen LogP contribution is 2.20. The average molecular weight is 245 g/mol. The van der Waals surface area contributed by atoms with Crippen LogP contribution in [0.25, 0.3) is 0 Å². The maximum Gasteiger partial charge on any atom is 0.252 e. The van der Waals surface area contributed by atoms with Gasteiger partial charge < -0.3 is 9.47 Å². The van der Waals surface area contributed by atoms with E-state index in [0.717, 1.165) is 24.4 Å². The van der Waals surface area contributed by atoms with Gasteiger partial charge in [0.25, 0.3) is 5.88 Å². The van der Waals surface area contributed by atoms with E-state index in [1.807, 2.05) is 13.8 Å². The first kappa shape index (κ1) is 13.2. The molecule has 0 spiro atoms. The van der Waals surface area contributed by atoms with Gasteiger partial charge >= 0.3 is 0 Å². The summed E-state index contributed by atoms with van der Waals surface area (Å²) in [6.45, 7) is 7.53. The zero-order valence-corrected chi connectivity index (χ0v) is 10.7. The fourth-order valence-electron chi connectivity index (χ4n) is 1.09. The van der Waals surface area contributed by atoms with E-state index in [9.17, 15) is 0 Å². The topological polar surface area (TPSA) is 44.2 Å². The van der Waals surface area contributed by atoms with Gasteiger partial charge in [0, 0.05) is 6.61 Å². The Morgan fingerprint density at radius 3 is 2.44 bits per heavy atom. The Hall–Kier alpha value is -0.870. The number of rotatable bonds is 6. The summed E-state index contributed by atoms with van der Waals surface area (Å²) in [5, 5.41) is 0.304. The van der Waals surface area contributed by atoms with Crippen molar-refractivity contribution in [1.82, 2.24) is 9.97 Å². The average Bonchev–Trinajstić information content (AvgIpc) is 2.25. The number of nitrogens with zero attached hydrogens (tertiary/aromatic N) is 2. The van der Waals surface area contributed by atoms with Gasteiger partial charge in [-0.1, -0.05) is 18.5 Å². The molecular weight excluding hydrogens is 228 g/mol. The summed E-state index contributed by atoms with van der Waals surface area (Å²) in [7, 11) is 0. The molecular formula is C11H17ClN2O2. The maximum atomic E-state index is 5.90. The smallest absolute Gasteiger partial charge is 0.252 e. The summed E-state index contributed by atoms with van der Waals surface area (Å²) in [5.41, 5.74) is 1.65. The van der Waals surface area contributed by atoms with Crippen molar-refractivity contribution in [1.29, 1.82) is 0 Å². The highest BCUT2D eigenvalue weighted by Gasteiger charge is 2.07. The second-order valence-electron chi connectivity index (χ2n) is 3.45. The molecule has 1 rings (SSSR count). The van der Waals surface area contributed by atoms with Gasteiger partial charge in [-0.15, -0.1) is 0 Å². The van der Waals surface area contributed by atoms with E-state index in [-0.39, 0.29) is 0 Å². The lowest BCUT2D eigenvalue weighted by molar-refractivity contribution is 0.0988. The molecule has 0 fully saturated rings. The second-order valence-corrected chi connectivity index (χ2v) is 3.81. The fourth-order valence-corrected chi connectivity index (χ4v) is 1.31. The first-order valence-corrected chi connectivity index (χ1v) is 5.74. The first-order chi connectivity index (χ1) is 7.65. The van der Waals surface area contributed by atoms with Crippen LogP contribution in [0.2, 0.25) is 5.15 Å². The maximum absolute atomic E-state index is 5.90. The molecule has 0 aliphatic rings. The number of ether oxygens (including phenoxy) is 2. The summed E-state index contributed by atoms with van der Waals surface area (Å²) in [4.78, 5) is 8.34. The van der Waals surface area contributed by atoms with Gasteiger partial charge in [-0.3, -0.25) is 0 Å². The summed E-state index contributed by atoms with van der Waals surface area (Å²) < 4.78 is 10.7. The van der Waals surface area contributed by atoms with Crippen LogP contribution in [0.15, 0.2) is 0 Å². The molecule has 5 heteroatoms. The van der Waals surface area contributed by atoms with E-state index in [4.69, 9.17) is 21.1 Å². The van der Waals surface area contributed by atoms with Crippen LogP contribution < -0.4 is 4.74 Å². The molecule has 4 nitrogen and oxygen atoms in total. The van der Waals surface area contributed by atoms with Gasteiger partial charge in [0.05, 0.1) is 18.0 Å². The lowest BCUT2D eigenvalue weighted by atomic mass is 10.3. The zero-order valence-electron chi connectivity index (χ0n) is 9.92. The molecule has 0 N–H and O–H groups in total. The predicted octanol–water partition coefficient (Wildman–Crippen LogP) is 2.55. The third-order valence-corrected chi connectivity index (χ3v) is 2.30. The fraction of sp³-hybridized carbons (Fsp3) is 0.636. The van der Waals surface area contributed by atoms with Crippen LogP contribution in [0.1, 0.15) is 24.7 Å². The molecule has 0 amide bonds. The van der Waals surface area contributed by atoms with Crippen molar-refractivity contribution in [3.63, 3.8) is 0 Å². The highest BCUT2D eigenvalue weighted by atomic mass is 35.5. The Kier molecular flexibility index (Phi) is 5.49. The summed E-state index contributed by atoms with van der Waals surface area (Å²) in [6.07, 6.45) is 1.00. The number of halogens is 1. The molecule has 0 saturated heterocycles. The number of aryl methyl sites for hydroxylation is 2. The minimum atomic E-state index is 0.304. The minimum absolute atomic E-state index is 0.304. The molecule has 1 heterocycles. The summed E-state index contributed by atoms with van der Waals surface area (Å²) in [5.74, 6) is 0.380. The number of hydrogen-bond acceptors (Lipinski definition) is 4. The summed E-state index contributed by atoms with van der Waals surface area (Å²) in [6, 6.07) is 0. The predicted molar refractivity (Wildman–Crippen MR) is 63.1 cm³/mol. The van der Waals surface area contributed by atoms with E-state index in [1.165, 1.54) is 0 Å². The number of aromatic nitrogens is 2. The quantitative estimate of drug-likeness (QED) is 0.722. The van der Waals surface area contributed by atoms with E-state index < -0.39 is 0 Å². The monoisotopic (exact) mass is 244 g/mol. The molecule has 0 aliphatic heterocycles. The Balaban J connectivity index is 2.45. The van der Waals surface area contributed by atoms with E-state index in [0.29, 0.717) is 24.2 Å². The Bertz CT molecular complexity index is 345. The van der Waals surface area contributed by atoms with Gasteiger partial charge in [0.15, 0.2) is 5.15 Å². The molecule has 0 atom stereocenters. The molecule has 90 valence electrons. The lowest BCUT2D eigenvalue weighted by Gasteiger charge is -2.08. The van der Waals surface area contributed by atoms with Crippen LogP contribution in [0.3, 0.4) is 0 Å². The van der Waals surface area contributed by atoms with Crippen molar-refractivity contribution in [2.24, 2.45) is 0 Å². The zero-order chi connectivity index (χ0) is 12.0. The Labute approximate surface area is 101 Å². The van der Waals surface area contributed by atoms with Crippen molar-refractivity contribution in [3.05, 3.63) is 16.5 Å². The molecule has 0 unspecified atom stereocenters. The third kappa shape index (κ3) is 3.94. The van der Waals surface area contributed by atoms with Crippen LogP contribution in [-0.2, 0) is 4.74 Å². The van der Waals surface area contributed by atoms with Crippen LogP contribution in [0.4, 0.5) is 0 Å². The number of hydrogen-bond donors (Lipinski definition) is 0. The van der Waals surface area contributed by atoms with Crippen molar-refractivity contribution < 1.29 is 9.47 Å². The molecule has 0 aromatic carbocycles. The SMILES string of the molecule is CCCOCCOc1nc(C)c(C)nc1Cl. The summed E-state index contributed by atoms with van der Waals surface area (Å²) >= 11 is 5.90. The van der Waals surface area contributed by atoms with Crippen molar-refractivity contribution in [2.45, 2.75) is 27.2 Å². The Morgan fingerprint density at radius 1 is 1.06 bits per heavy atom. The van der Waals surface area contributed by atoms with Crippen molar-refractivity contribution in [2.75, 3.05) is 19.8 Å². The van der Waals surface area contributed by atoms with E-state index in [1.54, 1.807) is 0 Å². The molecule has 0 saturated carbocycles. The molecule has 1 aromatic rings. The normalized spacial score (nSPS) is 10.5. The van der Waals surface area contributed by atoms with Crippen LogP contribution in [0, 0.1) is 13.8 Å². The molecule has 0 bridgehead atoms. The molecule has 0 radical (unpaired) electrons. The molecule has 1 aromatic heterocycles. The van der Waals surface area contributed by atoms with Crippen molar-refractivity contribution in [3.8, 4) is 5.88 Å². The van der Waals surface area contributed by atoms with Gasteiger partial charge in [0.1, 0.15) is 6.61 Å². The van der Waals surface area contributed by atoms with Gasteiger partial charge in [0.2, 0.25) is 0 Å². The van der Waals surface area contributed by atoms with Crippen LogP contribution in [-0.4, -0.2) is 29.8 Å².